The van der Waals surface area contributed by atoms with Crippen LogP contribution < -0.4 is 5.73 Å². The van der Waals surface area contributed by atoms with E-state index < -0.39 is 5.60 Å². The number of hydrogen-bond acceptors (Lipinski definition) is 5. The van der Waals surface area contributed by atoms with E-state index in [1.165, 1.54) is 12.8 Å². The van der Waals surface area contributed by atoms with Crippen molar-refractivity contribution >= 4 is 0 Å². The molecule has 5 nitrogen and oxygen atoms in total. The summed E-state index contributed by atoms with van der Waals surface area (Å²) in [5, 5.41) is 4.22. The molecule has 0 aliphatic heterocycles. The van der Waals surface area contributed by atoms with Crippen LogP contribution in [0.4, 0.5) is 0 Å². The second-order valence-corrected chi connectivity index (χ2v) is 6.50. The van der Waals surface area contributed by atoms with Crippen molar-refractivity contribution in [2.45, 2.75) is 70.3 Å². The first-order chi connectivity index (χ1) is 10.1. The van der Waals surface area contributed by atoms with E-state index in [0.29, 0.717) is 18.3 Å². The van der Waals surface area contributed by atoms with Crippen LogP contribution in [0.3, 0.4) is 0 Å². The van der Waals surface area contributed by atoms with Gasteiger partial charge in [-0.15, -0.1) is 0 Å². The summed E-state index contributed by atoms with van der Waals surface area (Å²) in [4.78, 5) is 4.70. The fourth-order valence-electron chi connectivity index (χ4n) is 3.39. The number of ether oxygens (including phenoxy) is 1. The zero-order valence-corrected chi connectivity index (χ0v) is 13.8. The second kappa shape index (κ2) is 6.44. The largest absolute Gasteiger partial charge is 0.370 e. The van der Waals surface area contributed by atoms with Gasteiger partial charge in [0, 0.05) is 13.7 Å². The fourth-order valence-corrected chi connectivity index (χ4v) is 3.39. The van der Waals surface area contributed by atoms with Crippen LogP contribution in [0.2, 0.25) is 0 Å². The van der Waals surface area contributed by atoms with Crippen molar-refractivity contribution in [1.82, 2.24) is 10.1 Å². The molecule has 21 heavy (non-hydrogen) atoms. The predicted octanol–water partition coefficient (Wildman–Crippen LogP) is 3.14. The smallest absolute Gasteiger partial charge is 0.234 e. The monoisotopic (exact) mass is 295 g/mol. The molecule has 1 heterocycles. The molecule has 2 N–H and O–H groups in total. The minimum absolute atomic E-state index is 0.140. The molecule has 1 aliphatic rings. The van der Waals surface area contributed by atoms with Crippen LogP contribution >= 0.6 is 0 Å². The SMILES string of the molecule is CCC(CC)(OC)c1noc(C2(CN)CCC(C)CC2)n1. The lowest BCUT2D eigenvalue weighted by atomic mass is 9.70. The molecule has 0 aromatic carbocycles. The van der Waals surface area contributed by atoms with Gasteiger partial charge in [0.1, 0.15) is 5.60 Å². The molecule has 5 heteroatoms. The number of rotatable bonds is 6. The summed E-state index contributed by atoms with van der Waals surface area (Å²) in [6.45, 7) is 7.04. The Morgan fingerprint density at radius 3 is 2.43 bits per heavy atom. The normalized spacial score (nSPS) is 27.0. The molecule has 1 saturated carbocycles. The number of aromatic nitrogens is 2. The summed E-state index contributed by atoms with van der Waals surface area (Å²) in [6.07, 6.45) is 6.06. The van der Waals surface area contributed by atoms with Gasteiger partial charge in [-0.1, -0.05) is 25.9 Å². The Kier molecular flexibility index (Phi) is 5.04. The Bertz CT molecular complexity index is 438. The van der Waals surface area contributed by atoms with E-state index in [1.54, 1.807) is 7.11 Å². The molecule has 0 unspecified atom stereocenters. The van der Waals surface area contributed by atoms with Gasteiger partial charge in [-0.3, -0.25) is 0 Å². The van der Waals surface area contributed by atoms with Crippen LogP contribution in [0.1, 0.15) is 71.0 Å². The van der Waals surface area contributed by atoms with Crippen LogP contribution in [0.25, 0.3) is 0 Å². The number of nitrogens with two attached hydrogens (primary N) is 1. The van der Waals surface area contributed by atoms with Gasteiger partial charge in [0.05, 0.1) is 5.41 Å². The average molecular weight is 295 g/mol. The third kappa shape index (κ3) is 2.86. The maximum Gasteiger partial charge on any atom is 0.234 e. The Hall–Kier alpha value is -0.940. The summed E-state index contributed by atoms with van der Waals surface area (Å²) in [5.74, 6) is 2.13. The minimum atomic E-state index is -0.445. The molecular formula is C16H29N3O2. The molecule has 0 radical (unpaired) electrons. The molecule has 1 aromatic rings. The van der Waals surface area contributed by atoms with Crippen LogP contribution in [0.15, 0.2) is 4.52 Å². The maximum absolute atomic E-state index is 6.07. The van der Waals surface area contributed by atoms with Crippen molar-refractivity contribution in [3.8, 4) is 0 Å². The molecular weight excluding hydrogens is 266 g/mol. The van der Waals surface area contributed by atoms with E-state index >= 15 is 0 Å². The number of methoxy groups -OCH3 is 1. The van der Waals surface area contributed by atoms with Crippen molar-refractivity contribution in [2.24, 2.45) is 11.7 Å². The Labute approximate surface area is 127 Å². The highest BCUT2D eigenvalue weighted by Gasteiger charge is 2.42. The summed E-state index contributed by atoms with van der Waals surface area (Å²) in [5.41, 5.74) is 5.49. The topological polar surface area (TPSA) is 74.2 Å². The van der Waals surface area contributed by atoms with Gasteiger partial charge in [-0.05, 0) is 44.4 Å². The standard InChI is InChI=1S/C16H29N3O2/c1-5-16(6-2,20-4)13-18-14(21-19-13)15(11-17)9-7-12(3)8-10-15/h12H,5-11,17H2,1-4H3. The molecule has 1 fully saturated rings. The number of hydrogen-bond donors (Lipinski definition) is 1. The van der Waals surface area contributed by atoms with E-state index in [1.807, 2.05) is 0 Å². The Morgan fingerprint density at radius 1 is 1.33 bits per heavy atom. The van der Waals surface area contributed by atoms with Crippen LogP contribution in [0.5, 0.6) is 0 Å². The molecule has 1 aliphatic carbocycles. The number of nitrogens with zero attached hydrogens (tertiary/aromatic N) is 2. The van der Waals surface area contributed by atoms with E-state index in [4.69, 9.17) is 20.0 Å². The molecule has 0 spiro atoms. The predicted molar refractivity (Wildman–Crippen MR) is 81.9 cm³/mol. The van der Waals surface area contributed by atoms with Crippen molar-refractivity contribution in [3.63, 3.8) is 0 Å². The fraction of sp³-hybridized carbons (Fsp3) is 0.875. The molecule has 0 atom stereocenters. The van der Waals surface area contributed by atoms with Crippen LogP contribution in [-0.4, -0.2) is 23.8 Å². The summed E-state index contributed by atoms with van der Waals surface area (Å²) in [7, 11) is 1.71. The zero-order valence-electron chi connectivity index (χ0n) is 13.8. The van der Waals surface area contributed by atoms with Crippen LogP contribution in [-0.2, 0) is 15.8 Å². The molecule has 0 amide bonds. The first-order valence-electron chi connectivity index (χ1n) is 8.15. The Balaban J connectivity index is 2.29. The van der Waals surface area contributed by atoms with Gasteiger partial charge < -0.3 is 15.0 Å². The summed E-state index contributed by atoms with van der Waals surface area (Å²) < 4.78 is 11.3. The molecule has 0 bridgehead atoms. The molecule has 1 aromatic heterocycles. The third-order valence-corrected chi connectivity index (χ3v) is 5.44. The summed E-state index contributed by atoms with van der Waals surface area (Å²) >= 11 is 0. The maximum atomic E-state index is 6.07. The lowest BCUT2D eigenvalue weighted by molar-refractivity contribution is -0.0306. The second-order valence-electron chi connectivity index (χ2n) is 6.50. The van der Waals surface area contributed by atoms with Crippen molar-refractivity contribution < 1.29 is 9.26 Å². The lowest BCUT2D eigenvalue weighted by Gasteiger charge is -2.35. The molecule has 120 valence electrons. The highest BCUT2D eigenvalue weighted by molar-refractivity contribution is 5.11. The zero-order chi connectivity index (χ0) is 15.5. The third-order valence-electron chi connectivity index (χ3n) is 5.44. The first-order valence-corrected chi connectivity index (χ1v) is 8.15. The van der Waals surface area contributed by atoms with Gasteiger partial charge in [-0.25, -0.2) is 0 Å². The van der Waals surface area contributed by atoms with E-state index in [9.17, 15) is 0 Å². The van der Waals surface area contributed by atoms with Crippen LogP contribution in [0, 0.1) is 5.92 Å². The molecule has 2 rings (SSSR count). The summed E-state index contributed by atoms with van der Waals surface area (Å²) in [6, 6.07) is 0. The van der Waals surface area contributed by atoms with Gasteiger partial charge in [0.25, 0.3) is 0 Å². The average Bonchev–Trinajstić information content (AvgIpc) is 3.02. The van der Waals surface area contributed by atoms with Gasteiger partial charge in [-0.2, -0.15) is 4.98 Å². The minimum Gasteiger partial charge on any atom is -0.370 e. The van der Waals surface area contributed by atoms with Gasteiger partial charge >= 0.3 is 0 Å². The van der Waals surface area contributed by atoms with Crippen molar-refractivity contribution in [1.29, 1.82) is 0 Å². The van der Waals surface area contributed by atoms with Crippen molar-refractivity contribution in [2.75, 3.05) is 13.7 Å². The quantitative estimate of drug-likeness (QED) is 0.872. The van der Waals surface area contributed by atoms with E-state index in [2.05, 4.69) is 25.9 Å². The highest BCUT2D eigenvalue weighted by Crippen LogP contribution is 2.41. The Morgan fingerprint density at radius 2 is 1.95 bits per heavy atom. The van der Waals surface area contributed by atoms with E-state index in [-0.39, 0.29) is 5.41 Å². The highest BCUT2D eigenvalue weighted by atomic mass is 16.5. The van der Waals surface area contributed by atoms with Gasteiger partial charge in [0.2, 0.25) is 11.7 Å². The molecule has 0 saturated heterocycles. The van der Waals surface area contributed by atoms with E-state index in [0.717, 1.165) is 31.6 Å². The first kappa shape index (κ1) is 16.4. The van der Waals surface area contributed by atoms with Gasteiger partial charge in [0.15, 0.2) is 0 Å². The van der Waals surface area contributed by atoms with Crippen molar-refractivity contribution in [3.05, 3.63) is 11.7 Å². The lowest BCUT2D eigenvalue weighted by Crippen LogP contribution is -2.39.